The maximum atomic E-state index is 6.02. The third-order valence-corrected chi connectivity index (χ3v) is 2.26. The molecule has 0 aliphatic carbocycles. The molecule has 2 aromatic heterocycles. The van der Waals surface area contributed by atoms with E-state index in [1.807, 2.05) is 36.0 Å². The molecule has 0 aliphatic rings. The van der Waals surface area contributed by atoms with Crippen molar-refractivity contribution in [2.45, 2.75) is 12.5 Å². The van der Waals surface area contributed by atoms with Crippen molar-refractivity contribution in [3.8, 4) is 0 Å². The monoisotopic (exact) mass is 202 g/mol. The molecule has 1 atom stereocenters. The number of aryl methyl sites for hydroxylation is 1. The van der Waals surface area contributed by atoms with Gasteiger partial charge >= 0.3 is 0 Å². The minimum Gasteiger partial charge on any atom is -0.340 e. The molecular weight excluding hydrogens is 188 g/mol. The van der Waals surface area contributed by atoms with Crippen LogP contribution in [-0.2, 0) is 13.5 Å². The number of nitrogens with two attached hydrogens (primary N) is 1. The summed E-state index contributed by atoms with van der Waals surface area (Å²) in [5.74, 6) is 0. The van der Waals surface area contributed by atoms with Gasteiger partial charge in [-0.15, -0.1) is 0 Å². The van der Waals surface area contributed by atoms with E-state index < -0.39 is 0 Å². The maximum absolute atomic E-state index is 6.02. The molecule has 0 fully saturated rings. The lowest BCUT2D eigenvalue weighted by Crippen LogP contribution is -2.14. The van der Waals surface area contributed by atoms with E-state index in [1.54, 1.807) is 12.5 Å². The fourth-order valence-electron chi connectivity index (χ4n) is 1.47. The van der Waals surface area contributed by atoms with Crippen molar-refractivity contribution in [3.05, 3.63) is 48.3 Å². The Kier molecular flexibility index (Phi) is 2.78. The van der Waals surface area contributed by atoms with E-state index in [9.17, 15) is 0 Å². The molecule has 0 aromatic carbocycles. The molecule has 15 heavy (non-hydrogen) atoms. The Morgan fingerprint density at radius 3 is 2.87 bits per heavy atom. The quantitative estimate of drug-likeness (QED) is 0.809. The fraction of sp³-hybridized carbons (Fsp3) is 0.273. The second-order valence-electron chi connectivity index (χ2n) is 3.60. The number of imidazole rings is 1. The van der Waals surface area contributed by atoms with Crippen LogP contribution >= 0.6 is 0 Å². The van der Waals surface area contributed by atoms with E-state index in [0.717, 1.165) is 17.8 Å². The molecule has 0 aliphatic heterocycles. The average Bonchev–Trinajstić information content (AvgIpc) is 2.66. The van der Waals surface area contributed by atoms with Gasteiger partial charge < -0.3 is 10.3 Å². The van der Waals surface area contributed by atoms with Gasteiger partial charge in [0.05, 0.1) is 18.1 Å². The standard InChI is InChI=1S/C11H14N4/c1-15-7-11(14-8-15)10(12)6-9-4-2-3-5-13-9/h2-5,7-8,10H,6,12H2,1H3. The van der Waals surface area contributed by atoms with E-state index in [1.165, 1.54) is 0 Å². The van der Waals surface area contributed by atoms with Gasteiger partial charge in [-0.25, -0.2) is 4.98 Å². The zero-order valence-corrected chi connectivity index (χ0v) is 8.67. The molecule has 4 nitrogen and oxygen atoms in total. The smallest absolute Gasteiger partial charge is 0.0947 e. The molecule has 2 N–H and O–H groups in total. The fourth-order valence-corrected chi connectivity index (χ4v) is 1.47. The Labute approximate surface area is 88.8 Å². The lowest BCUT2D eigenvalue weighted by molar-refractivity contribution is 0.687. The molecule has 0 spiro atoms. The lowest BCUT2D eigenvalue weighted by atomic mass is 10.1. The summed E-state index contributed by atoms with van der Waals surface area (Å²) in [7, 11) is 1.93. The molecule has 78 valence electrons. The molecule has 2 heterocycles. The molecule has 0 amide bonds. The van der Waals surface area contributed by atoms with Crippen LogP contribution in [0.5, 0.6) is 0 Å². The molecule has 0 saturated heterocycles. The van der Waals surface area contributed by atoms with E-state index >= 15 is 0 Å². The van der Waals surface area contributed by atoms with Gasteiger partial charge in [-0.05, 0) is 12.1 Å². The highest BCUT2D eigenvalue weighted by Crippen LogP contribution is 2.11. The van der Waals surface area contributed by atoms with Gasteiger partial charge in [0, 0.05) is 31.6 Å². The highest BCUT2D eigenvalue weighted by atomic mass is 15.0. The normalized spacial score (nSPS) is 12.7. The van der Waals surface area contributed by atoms with E-state index in [-0.39, 0.29) is 6.04 Å². The number of rotatable bonds is 3. The van der Waals surface area contributed by atoms with E-state index in [2.05, 4.69) is 9.97 Å². The first-order valence-corrected chi connectivity index (χ1v) is 4.89. The van der Waals surface area contributed by atoms with Crippen LogP contribution in [-0.4, -0.2) is 14.5 Å². The van der Waals surface area contributed by atoms with Crippen molar-refractivity contribution in [1.82, 2.24) is 14.5 Å². The average molecular weight is 202 g/mol. The number of pyridine rings is 1. The number of hydrogen-bond donors (Lipinski definition) is 1. The van der Waals surface area contributed by atoms with Crippen LogP contribution in [0.1, 0.15) is 17.4 Å². The Morgan fingerprint density at radius 1 is 1.40 bits per heavy atom. The predicted molar refractivity (Wildman–Crippen MR) is 58.1 cm³/mol. The third kappa shape index (κ3) is 2.41. The van der Waals surface area contributed by atoms with Crippen LogP contribution in [0.15, 0.2) is 36.9 Å². The topological polar surface area (TPSA) is 56.7 Å². The number of aromatic nitrogens is 3. The summed E-state index contributed by atoms with van der Waals surface area (Å²) >= 11 is 0. The summed E-state index contributed by atoms with van der Waals surface area (Å²) in [6.07, 6.45) is 6.19. The van der Waals surface area contributed by atoms with Crippen molar-refractivity contribution in [2.75, 3.05) is 0 Å². The van der Waals surface area contributed by atoms with Gasteiger partial charge in [0.25, 0.3) is 0 Å². The van der Waals surface area contributed by atoms with Crippen LogP contribution in [0.3, 0.4) is 0 Å². The first-order chi connectivity index (χ1) is 7.25. The number of hydrogen-bond acceptors (Lipinski definition) is 3. The lowest BCUT2D eigenvalue weighted by Gasteiger charge is -2.07. The minimum absolute atomic E-state index is 0.0823. The first-order valence-electron chi connectivity index (χ1n) is 4.89. The van der Waals surface area contributed by atoms with Gasteiger partial charge in [-0.1, -0.05) is 6.07 Å². The third-order valence-electron chi connectivity index (χ3n) is 2.26. The summed E-state index contributed by atoms with van der Waals surface area (Å²) in [5.41, 5.74) is 7.93. The predicted octanol–water partition coefficient (Wildman–Crippen LogP) is 1.06. The van der Waals surface area contributed by atoms with Gasteiger partial charge in [-0.3, -0.25) is 4.98 Å². The summed E-state index contributed by atoms with van der Waals surface area (Å²) < 4.78 is 1.90. The van der Waals surface area contributed by atoms with E-state index in [4.69, 9.17) is 5.73 Å². The highest BCUT2D eigenvalue weighted by molar-refractivity contribution is 5.10. The van der Waals surface area contributed by atoms with Crippen molar-refractivity contribution >= 4 is 0 Å². The van der Waals surface area contributed by atoms with Gasteiger partial charge in [-0.2, -0.15) is 0 Å². The molecule has 2 aromatic rings. The summed E-state index contributed by atoms with van der Waals surface area (Å²) in [6, 6.07) is 5.76. The highest BCUT2D eigenvalue weighted by Gasteiger charge is 2.09. The van der Waals surface area contributed by atoms with Gasteiger partial charge in [0.15, 0.2) is 0 Å². The zero-order chi connectivity index (χ0) is 10.7. The molecule has 4 heteroatoms. The SMILES string of the molecule is Cn1cnc(C(N)Cc2ccccn2)c1. The van der Waals surface area contributed by atoms with Crippen molar-refractivity contribution in [1.29, 1.82) is 0 Å². The molecule has 2 rings (SSSR count). The van der Waals surface area contributed by atoms with Crippen LogP contribution in [0.2, 0.25) is 0 Å². The first kappa shape index (κ1) is 9.86. The van der Waals surface area contributed by atoms with Crippen LogP contribution in [0.25, 0.3) is 0 Å². The summed E-state index contributed by atoms with van der Waals surface area (Å²) in [4.78, 5) is 8.46. The Hall–Kier alpha value is -1.68. The molecule has 0 radical (unpaired) electrons. The Bertz CT molecular complexity index is 421. The summed E-state index contributed by atoms with van der Waals surface area (Å²) in [5, 5.41) is 0. The molecular formula is C11H14N4. The van der Waals surface area contributed by atoms with E-state index in [0.29, 0.717) is 0 Å². The summed E-state index contributed by atoms with van der Waals surface area (Å²) in [6.45, 7) is 0. The van der Waals surface area contributed by atoms with Gasteiger partial charge in [0.2, 0.25) is 0 Å². The van der Waals surface area contributed by atoms with Crippen LogP contribution in [0, 0.1) is 0 Å². The van der Waals surface area contributed by atoms with Crippen molar-refractivity contribution < 1.29 is 0 Å². The minimum atomic E-state index is -0.0823. The van der Waals surface area contributed by atoms with Gasteiger partial charge in [0.1, 0.15) is 0 Å². The molecule has 1 unspecified atom stereocenters. The van der Waals surface area contributed by atoms with Crippen LogP contribution in [0.4, 0.5) is 0 Å². The maximum Gasteiger partial charge on any atom is 0.0947 e. The second-order valence-corrected chi connectivity index (χ2v) is 3.60. The largest absolute Gasteiger partial charge is 0.340 e. The zero-order valence-electron chi connectivity index (χ0n) is 8.67. The Morgan fingerprint density at radius 2 is 2.27 bits per heavy atom. The second kappa shape index (κ2) is 4.23. The number of nitrogens with zero attached hydrogens (tertiary/aromatic N) is 3. The Balaban J connectivity index is 2.07. The van der Waals surface area contributed by atoms with Crippen molar-refractivity contribution in [2.24, 2.45) is 12.8 Å². The van der Waals surface area contributed by atoms with Crippen molar-refractivity contribution in [3.63, 3.8) is 0 Å². The molecule has 0 bridgehead atoms. The van der Waals surface area contributed by atoms with Crippen LogP contribution < -0.4 is 5.73 Å². The molecule has 0 saturated carbocycles.